The van der Waals surface area contributed by atoms with Gasteiger partial charge in [0.05, 0.1) is 5.02 Å². The zero-order valence-electron chi connectivity index (χ0n) is 18.1. The molecule has 0 unspecified atom stereocenters. The van der Waals surface area contributed by atoms with E-state index in [0.29, 0.717) is 10.8 Å². The molecule has 0 radical (unpaired) electrons. The first-order valence-electron chi connectivity index (χ1n) is 10.4. The van der Waals surface area contributed by atoms with Crippen LogP contribution in [0.1, 0.15) is 43.5 Å². The molecule has 0 aliphatic heterocycles. The average molecular weight is 423 g/mol. The number of hydrogen-bond acceptors (Lipinski definition) is 4. The van der Waals surface area contributed by atoms with E-state index in [1.54, 1.807) is 0 Å². The van der Waals surface area contributed by atoms with Gasteiger partial charge < -0.3 is 11.1 Å². The molecule has 0 aliphatic carbocycles. The lowest BCUT2D eigenvalue weighted by Gasteiger charge is -2.16. The van der Waals surface area contributed by atoms with Crippen LogP contribution in [0.5, 0.6) is 0 Å². The molecular formula is C25H31ClN4. The number of rotatable bonds is 7. The Kier molecular flexibility index (Phi) is 9.52. The largest absolute Gasteiger partial charge is 0.340 e. The van der Waals surface area contributed by atoms with E-state index in [1.807, 2.05) is 61.5 Å². The molecule has 3 aromatic rings. The van der Waals surface area contributed by atoms with Crippen molar-refractivity contribution in [3.05, 3.63) is 83.0 Å². The van der Waals surface area contributed by atoms with Crippen molar-refractivity contribution in [2.24, 2.45) is 5.73 Å². The molecule has 4 nitrogen and oxygen atoms in total. The van der Waals surface area contributed by atoms with Crippen LogP contribution in [-0.4, -0.2) is 16.5 Å². The number of anilines is 1. The highest BCUT2D eigenvalue weighted by atomic mass is 35.5. The molecule has 0 aliphatic rings. The Bertz CT molecular complexity index is 953. The van der Waals surface area contributed by atoms with Gasteiger partial charge in [0.1, 0.15) is 5.82 Å². The van der Waals surface area contributed by atoms with Crippen molar-refractivity contribution < 1.29 is 0 Å². The van der Waals surface area contributed by atoms with E-state index in [1.165, 1.54) is 0 Å². The van der Waals surface area contributed by atoms with Crippen molar-refractivity contribution in [3.63, 3.8) is 0 Å². The molecule has 0 saturated heterocycles. The third kappa shape index (κ3) is 6.41. The Morgan fingerprint density at radius 2 is 1.63 bits per heavy atom. The normalized spacial score (nSPS) is 10.2. The van der Waals surface area contributed by atoms with Crippen LogP contribution >= 0.6 is 11.6 Å². The minimum Gasteiger partial charge on any atom is -0.340 e. The third-order valence-electron chi connectivity index (χ3n) is 4.53. The van der Waals surface area contributed by atoms with Gasteiger partial charge in [0.25, 0.3) is 0 Å². The zero-order valence-corrected chi connectivity index (χ0v) is 18.8. The Balaban J connectivity index is 0.000000735. The molecule has 0 fully saturated rings. The molecule has 0 saturated carbocycles. The van der Waals surface area contributed by atoms with Crippen LogP contribution in [0.25, 0.3) is 17.1 Å². The fraction of sp³-hybridized carbons (Fsp3) is 0.280. The predicted octanol–water partition coefficient (Wildman–Crippen LogP) is 6.50. The SMILES string of the molecule is C=C(Nc1nc(-c2ccccc2Cl)nc(CCC)c1C)c1ccccc1.CCCN. The first kappa shape index (κ1) is 23.6. The van der Waals surface area contributed by atoms with Crippen LogP contribution in [0.2, 0.25) is 5.02 Å². The molecule has 2 aromatic carbocycles. The molecule has 3 N–H and O–H groups in total. The number of hydrogen-bond donors (Lipinski definition) is 2. The number of aryl methyl sites for hydroxylation is 1. The van der Waals surface area contributed by atoms with E-state index in [9.17, 15) is 0 Å². The molecule has 0 amide bonds. The highest BCUT2D eigenvalue weighted by Gasteiger charge is 2.14. The summed E-state index contributed by atoms with van der Waals surface area (Å²) < 4.78 is 0. The number of benzene rings is 2. The summed E-state index contributed by atoms with van der Waals surface area (Å²) in [5.41, 5.74) is 9.77. The van der Waals surface area contributed by atoms with E-state index in [0.717, 1.165) is 59.7 Å². The van der Waals surface area contributed by atoms with Gasteiger partial charge in [-0.15, -0.1) is 0 Å². The Hall–Kier alpha value is -2.69. The highest BCUT2D eigenvalue weighted by molar-refractivity contribution is 6.33. The summed E-state index contributed by atoms with van der Waals surface area (Å²) >= 11 is 6.36. The lowest BCUT2D eigenvalue weighted by molar-refractivity contribution is 0.864. The second-order valence-electron chi connectivity index (χ2n) is 6.96. The minimum absolute atomic E-state index is 0.632. The topological polar surface area (TPSA) is 63.8 Å². The molecule has 5 heteroatoms. The standard InChI is InChI=1S/C22H22ClN3.C3H9N/c1-4-10-20-15(2)21(24-16(3)17-11-6-5-7-12-17)26-22(25-20)18-13-8-9-14-19(18)23;1-2-3-4/h5-9,11-14H,3-4,10H2,1-2H3,(H,24,25,26);2-4H2,1H3. The number of nitrogens with two attached hydrogens (primary N) is 1. The lowest BCUT2D eigenvalue weighted by Crippen LogP contribution is -2.07. The monoisotopic (exact) mass is 422 g/mol. The van der Waals surface area contributed by atoms with Crippen LogP contribution in [0.3, 0.4) is 0 Å². The number of aromatic nitrogens is 2. The van der Waals surface area contributed by atoms with Gasteiger partial charge in [0, 0.05) is 22.5 Å². The summed E-state index contributed by atoms with van der Waals surface area (Å²) in [6.45, 7) is 11.2. The van der Waals surface area contributed by atoms with Gasteiger partial charge in [0.15, 0.2) is 5.82 Å². The summed E-state index contributed by atoms with van der Waals surface area (Å²) in [6.07, 6.45) is 3.00. The molecule has 30 heavy (non-hydrogen) atoms. The second kappa shape index (κ2) is 12.1. The molecule has 1 aromatic heterocycles. The molecule has 0 atom stereocenters. The van der Waals surface area contributed by atoms with Gasteiger partial charge in [-0.3, -0.25) is 0 Å². The van der Waals surface area contributed by atoms with Crippen molar-refractivity contribution in [2.45, 2.75) is 40.0 Å². The van der Waals surface area contributed by atoms with E-state index >= 15 is 0 Å². The zero-order chi connectivity index (χ0) is 21.9. The molecular weight excluding hydrogens is 392 g/mol. The fourth-order valence-electron chi connectivity index (χ4n) is 2.78. The van der Waals surface area contributed by atoms with Gasteiger partial charge in [-0.1, -0.05) is 80.9 Å². The summed E-state index contributed by atoms with van der Waals surface area (Å²) in [6, 6.07) is 17.7. The van der Waals surface area contributed by atoms with Crippen LogP contribution in [0.15, 0.2) is 61.2 Å². The Morgan fingerprint density at radius 3 is 2.23 bits per heavy atom. The van der Waals surface area contributed by atoms with Crippen LogP contribution in [0.4, 0.5) is 5.82 Å². The van der Waals surface area contributed by atoms with E-state index < -0.39 is 0 Å². The first-order chi connectivity index (χ1) is 14.5. The maximum atomic E-state index is 6.36. The van der Waals surface area contributed by atoms with Gasteiger partial charge in [-0.25, -0.2) is 9.97 Å². The van der Waals surface area contributed by atoms with E-state index in [4.69, 9.17) is 27.3 Å². The molecule has 3 rings (SSSR count). The average Bonchev–Trinajstić information content (AvgIpc) is 2.77. The van der Waals surface area contributed by atoms with Crippen molar-refractivity contribution in [3.8, 4) is 11.4 Å². The fourth-order valence-corrected chi connectivity index (χ4v) is 3.00. The molecule has 1 heterocycles. The molecule has 0 bridgehead atoms. The van der Waals surface area contributed by atoms with Gasteiger partial charge in [-0.05, 0) is 44.0 Å². The number of halogens is 1. The van der Waals surface area contributed by atoms with Crippen LogP contribution < -0.4 is 11.1 Å². The quantitative estimate of drug-likeness (QED) is 0.456. The van der Waals surface area contributed by atoms with Gasteiger partial charge in [0.2, 0.25) is 0 Å². The van der Waals surface area contributed by atoms with E-state index in [-0.39, 0.29) is 0 Å². The van der Waals surface area contributed by atoms with Crippen LogP contribution in [-0.2, 0) is 6.42 Å². The number of nitrogens with zero attached hydrogens (tertiary/aromatic N) is 2. The van der Waals surface area contributed by atoms with Crippen molar-refractivity contribution in [2.75, 3.05) is 11.9 Å². The van der Waals surface area contributed by atoms with Gasteiger partial charge in [-0.2, -0.15) is 0 Å². The maximum Gasteiger partial charge on any atom is 0.163 e. The molecule has 0 spiro atoms. The van der Waals surface area contributed by atoms with E-state index in [2.05, 4.69) is 25.7 Å². The van der Waals surface area contributed by atoms with Crippen molar-refractivity contribution in [1.82, 2.24) is 9.97 Å². The number of nitrogens with one attached hydrogen (secondary N) is 1. The summed E-state index contributed by atoms with van der Waals surface area (Å²) in [4.78, 5) is 9.51. The smallest absolute Gasteiger partial charge is 0.163 e. The second-order valence-corrected chi connectivity index (χ2v) is 7.36. The maximum absolute atomic E-state index is 6.36. The summed E-state index contributed by atoms with van der Waals surface area (Å²) in [5, 5.41) is 4.01. The predicted molar refractivity (Wildman–Crippen MR) is 130 cm³/mol. The van der Waals surface area contributed by atoms with Crippen molar-refractivity contribution >= 4 is 23.1 Å². The lowest BCUT2D eigenvalue weighted by atomic mass is 10.1. The Morgan fingerprint density at radius 1 is 1.00 bits per heavy atom. The summed E-state index contributed by atoms with van der Waals surface area (Å²) in [7, 11) is 0. The third-order valence-corrected chi connectivity index (χ3v) is 4.86. The van der Waals surface area contributed by atoms with Gasteiger partial charge >= 0.3 is 0 Å². The molecule has 158 valence electrons. The summed E-state index contributed by atoms with van der Waals surface area (Å²) in [5.74, 6) is 1.40. The highest BCUT2D eigenvalue weighted by Crippen LogP contribution is 2.29. The first-order valence-corrected chi connectivity index (χ1v) is 10.7. The minimum atomic E-state index is 0.632. The van der Waals surface area contributed by atoms with Crippen LogP contribution in [0, 0.1) is 6.92 Å². The van der Waals surface area contributed by atoms with Crippen molar-refractivity contribution in [1.29, 1.82) is 0 Å². The Labute approximate surface area is 185 Å².